The first kappa shape index (κ1) is 40.1. The Bertz CT molecular complexity index is 1220. The highest BCUT2D eigenvalue weighted by molar-refractivity contribution is 7.90. The topological polar surface area (TPSA) is 309 Å². The van der Waals surface area contributed by atoms with Gasteiger partial charge in [-0.3, -0.25) is 24.6 Å². The van der Waals surface area contributed by atoms with E-state index in [1.54, 1.807) is 7.05 Å². The monoisotopic (exact) mass is 658 g/mol. The van der Waals surface area contributed by atoms with Gasteiger partial charge in [0.2, 0.25) is 10.0 Å². The summed E-state index contributed by atoms with van der Waals surface area (Å²) in [5.74, 6) is -4.20. The second-order valence-electron chi connectivity index (χ2n) is 11.2. The van der Waals surface area contributed by atoms with Gasteiger partial charge in [-0.15, -0.1) is 0 Å². The third-order valence-corrected chi connectivity index (χ3v) is 10.1. The quantitative estimate of drug-likeness (QED) is 0.0529. The summed E-state index contributed by atoms with van der Waals surface area (Å²) in [6.07, 6.45) is 3.19. The van der Waals surface area contributed by atoms with Crippen LogP contribution in [-0.2, 0) is 39.0 Å². The van der Waals surface area contributed by atoms with Crippen molar-refractivity contribution >= 4 is 49.5 Å². The van der Waals surface area contributed by atoms with Gasteiger partial charge in [0.25, 0.3) is 0 Å². The standard InChI is InChI=1S/C15H25NO7S2.C6H14N4O2.C3H7NO2/c1-14(2)10-4-6-15(14,12(17)8-10)9-25(22,23)16-11(13(18)19)5-7-24(3,20)21;7-4(5(11)12)2-1-3-10-6(8)9;1-4-2-3(5)6/h10-11,16H,4-9H2,1-3H3,(H,18,19);4H,1-3,7H2,(H,11,12)(H4,8,9,10);4H,2H2,1H3,(H,5,6)/t10?,11-,15?;4-;/m00./s1. The summed E-state index contributed by atoms with van der Waals surface area (Å²) in [4.78, 5) is 43.5. The van der Waals surface area contributed by atoms with E-state index in [-0.39, 0.29) is 30.6 Å². The lowest BCUT2D eigenvalue weighted by Crippen LogP contribution is -2.49. The lowest BCUT2D eigenvalue weighted by molar-refractivity contribution is -0.139. The van der Waals surface area contributed by atoms with Crippen molar-refractivity contribution in [3.05, 3.63) is 0 Å². The summed E-state index contributed by atoms with van der Waals surface area (Å²) < 4.78 is 49.7. The molecule has 19 heteroatoms. The summed E-state index contributed by atoms with van der Waals surface area (Å²) in [6.45, 7) is 4.31. The molecular formula is C24H46N6O11S2. The molecule has 0 heterocycles. The van der Waals surface area contributed by atoms with E-state index in [2.05, 4.69) is 15.4 Å². The van der Waals surface area contributed by atoms with Crippen LogP contribution in [0.25, 0.3) is 0 Å². The number of nitrogens with one attached hydrogen (secondary N) is 4. The fourth-order valence-electron chi connectivity index (χ4n) is 5.08. The van der Waals surface area contributed by atoms with E-state index >= 15 is 0 Å². The summed E-state index contributed by atoms with van der Waals surface area (Å²) in [6, 6.07) is -2.35. The van der Waals surface area contributed by atoms with Crippen LogP contribution in [0.15, 0.2) is 0 Å². The number of nitrogens with two attached hydrogens (primary N) is 2. The maximum absolute atomic E-state index is 12.6. The molecule has 2 aliphatic rings. The van der Waals surface area contributed by atoms with Crippen molar-refractivity contribution in [1.82, 2.24) is 15.4 Å². The number of Topliss-reactive ketones (excluding diaryl/α,β-unsaturated/α-hetero) is 1. The van der Waals surface area contributed by atoms with Crippen molar-refractivity contribution in [3.8, 4) is 0 Å². The van der Waals surface area contributed by atoms with E-state index < -0.39 is 72.2 Å². The third-order valence-electron chi connectivity index (χ3n) is 7.63. The first-order valence-corrected chi connectivity index (χ1v) is 17.1. The summed E-state index contributed by atoms with van der Waals surface area (Å²) in [5, 5.41) is 37.2. The maximum Gasteiger partial charge on any atom is 0.321 e. The van der Waals surface area contributed by atoms with E-state index in [1.165, 1.54) is 0 Å². The second kappa shape index (κ2) is 16.8. The third kappa shape index (κ3) is 13.5. The van der Waals surface area contributed by atoms with Gasteiger partial charge in [0.15, 0.2) is 5.96 Å². The Kier molecular flexibility index (Phi) is 15.7. The Hall–Kier alpha value is -2.87. The molecule has 0 aromatic rings. The number of aliphatic carboxylic acids is 3. The molecule has 250 valence electrons. The van der Waals surface area contributed by atoms with Crippen molar-refractivity contribution in [2.75, 3.05) is 37.9 Å². The number of likely N-dealkylation sites (N-methyl/N-ethyl adjacent to an activating group) is 1. The van der Waals surface area contributed by atoms with Gasteiger partial charge in [0.05, 0.1) is 18.1 Å². The molecule has 4 atom stereocenters. The van der Waals surface area contributed by atoms with Crippen LogP contribution in [0.2, 0.25) is 0 Å². The van der Waals surface area contributed by atoms with Crippen molar-refractivity contribution in [2.24, 2.45) is 28.2 Å². The second-order valence-corrected chi connectivity index (χ2v) is 15.2. The zero-order valence-corrected chi connectivity index (χ0v) is 26.5. The molecular weight excluding hydrogens is 612 g/mol. The van der Waals surface area contributed by atoms with Crippen LogP contribution in [0.5, 0.6) is 0 Å². The fourth-order valence-corrected chi connectivity index (χ4v) is 7.80. The molecule has 0 aromatic heterocycles. The van der Waals surface area contributed by atoms with Gasteiger partial charge >= 0.3 is 17.9 Å². The molecule has 2 unspecified atom stereocenters. The molecule has 2 bridgehead atoms. The minimum absolute atomic E-state index is 0.0417. The lowest BCUT2D eigenvalue weighted by atomic mass is 9.70. The number of hydrogen-bond acceptors (Lipinski definition) is 11. The minimum atomic E-state index is -4.07. The normalized spacial score (nSPS) is 21.8. The van der Waals surface area contributed by atoms with Crippen LogP contribution in [0.3, 0.4) is 0 Å². The Morgan fingerprint density at radius 3 is 2.02 bits per heavy atom. The van der Waals surface area contributed by atoms with Crippen LogP contribution in [-0.4, -0.2) is 112 Å². The first-order chi connectivity index (χ1) is 19.5. The van der Waals surface area contributed by atoms with Gasteiger partial charge in [-0.1, -0.05) is 13.8 Å². The molecule has 2 fully saturated rings. The molecule has 2 rings (SSSR count). The SMILES string of the molecule is CC1(C)C2CCC1(CS(=O)(=O)N[C@@H](CCS(C)(=O)=O)C(=O)O)C(=O)C2.CNCC(=O)O.N=C(N)NCCC[C@H](N)C(=O)O. The molecule has 2 aliphatic carbocycles. The molecule has 0 saturated heterocycles. The van der Waals surface area contributed by atoms with Gasteiger partial charge < -0.3 is 37.4 Å². The zero-order valence-electron chi connectivity index (χ0n) is 24.9. The average molecular weight is 659 g/mol. The molecule has 0 spiro atoms. The Morgan fingerprint density at radius 2 is 1.67 bits per heavy atom. The van der Waals surface area contributed by atoms with E-state index in [9.17, 15) is 41.1 Å². The highest BCUT2D eigenvalue weighted by Gasteiger charge is 2.65. The Balaban J connectivity index is 0.000000812. The molecule has 11 N–H and O–H groups in total. The number of ketones is 1. The lowest BCUT2D eigenvalue weighted by Gasteiger charge is -2.36. The van der Waals surface area contributed by atoms with Crippen molar-refractivity contribution in [2.45, 2.75) is 64.5 Å². The number of guanidine groups is 1. The maximum atomic E-state index is 12.6. The number of carboxylic acid groups (broad SMARTS) is 3. The van der Waals surface area contributed by atoms with Gasteiger partial charge in [0, 0.05) is 24.6 Å². The van der Waals surface area contributed by atoms with Crippen LogP contribution < -0.4 is 26.8 Å². The minimum Gasteiger partial charge on any atom is -0.480 e. The molecule has 17 nitrogen and oxygen atoms in total. The number of fused-ring (bicyclic) bond motifs is 2. The number of carbonyl (C=O) groups is 4. The van der Waals surface area contributed by atoms with Crippen molar-refractivity contribution in [3.63, 3.8) is 0 Å². The number of sulfone groups is 1. The molecule has 0 aromatic carbocycles. The molecule has 0 radical (unpaired) electrons. The number of carbonyl (C=O) groups excluding carboxylic acids is 1. The van der Waals surface area contributed by atoms with Gasteiger partial charge in [-0.05, 0) is 50.5 Å². The summed E-state index contributed by atoms with van der Waals surface area (Å²) in [7, 11) is -5.90. The van der Waals surface area contributed by atoms with Crippen molar-refractivity contribution < 1.29 is 51.3 Å². The number of sulfonamides is 1. The van der Waals surface area contributed by atoms with Crippen LogP contribution in [0.4, 0.5) is 0 Å². The predicted octanol–water partition coefficient (Wildman–Crippen LogP) is -1.86. The molecule has 0 amide bonds. The van der Waals surface area contributed by atoms with Crippen LogP contribution in [0, 0.1) is 22.2 Å². The van der Waals surface area contributed by atoms with E-state index in [4.69, 9.17) is 27.1 Å². The number of carboxylic acids is 3. The van der Waals surface area contributed by atoms with Gasteiger partial charge in [-0.2, -0.15) is 0 Å². The van der Waals surface area contributed by atoms with E-state index in [0.717, 1.165) is 12.7 Å². The largest absolute Gasteiger partial charge is 0.480 e. The van der Waals surface area contributed by atoms with Gasteiger partial charge in [-0.25, -0.2) is 21.6 Å². The average Bonchev–Trinajstić information content (AvgIpc) is 3.18. The Labute approximate surface area is 252 Å². The van der Waals surface area contributed by atoms with E-state index in [1.807, 2.05) is 13.8 Å². The predicted molar refractivity (Wildman–Crippen MR) is 158 cm³/mol. The molecule has 2 saturated carbocycles. The summed E-state index contributed by atoms with van der Waals surface area (Å²) in [5.41, 5.74) is 8.76. The van der Waals surface area contributed by atoms with Crippen LogP contribution in [0.1, 0.15) is 52.4 Å². The zero-order chi connectivity index (χ0) is 33.8. The number of hydrogen-bond donors (Lipinski definition) is 9. The smallest absolute Gasteiger partial charge is 0.321 e. The summed E-state index contributed by atoms with van der Waals surface area (Å²) >= 11 is 0. The highest BCUT2D eigenvalue weighted by Crippen LogP contribution is 2.64. The molecule has 0 aliphatic heterocycles. The highest BCUT2D eigenvalue weighted by atomic mass is 32.2. The fraction of sp³-hybridized carbons (Fsp3) is 0.792. The van der Waals surface area contributed by atoms with E-state index in [0.29, 0.717) is 32.2 Å². The van der Waals surface area contributed by atoms with Gasteiger partial charge in [0.1, 0.15) is 27.7 Å². The Morgan fingerprint density at radius 1 is 1.09 bits per heavy atom. The van der Waals surface area contributed by atoms with Crippen LogP contribution >= 0.6 is 0 Å². The van der Waals surface area contributed by atoms with Crippen molar-refractivity contribution in [1.29, 1.82) is 5.41 Å². The molecule has 43 heavy (non-hydrogen) atoms. The first-order valence-electron chi connectivity index (χ1n) is 13.4. The number of rotatable bonds is 15.